The van der Waals surface area contributed by atoms with Crippen molar-refractivity contribution in [2.75, 3.05) is 0 Å². The van der Waals surface area contributed by atoms with Crippen LogP contribution in [0, 0.1) is 0 Å². The average Bonchev–Trinajstić information content (AvgIpc) is 2.61. The maximum atomic E-state index is 11.9. The van der Waals surface area contributed by atoms with Crippen molar-refractivity contribution >= 4 is 33.3 Å². The Hall–Kier alpha value is -0.810. The van der Waals surface area contributed by atoms with Gasteiger partial charge < -0.3 is 0 Å². The fraction of sp³-hybridized carbons (Fsp3) is 0.400. The number of thioether (sulfide) groups is 1. The third-order valence-corrected chi connectivity index (χ3v) is 3.86. The Kier molecular flexibility index (Phi) is 2.84. The molecule has 0 aromatic carbocycles. The van der Waals surface area contributed by atoms with Crippen LogP contribution in [0.5, 0.6) is 0 Å². The fourth-order valence-corrected chi connectivity index (χ4v) is 2.92. The summed E-state index contributed by atoms with van der Waals surface area (Å²) < 4.78 is 1.62. The molecule has 0 atom stereocenters. The van der Waals surface area contributed by atoms with Gasteiger partial charge in [0.1, 0.15) is 4.83 Å². The molecule has 0 spiro atoms. The summed E-state index contributed by atoms with van der Waals surface area (Å²) in [4.78, 5) is 17.2. The van der Waals surface area contributed by atoms with E-state index >= 15 is 0 Å². The molecule has 0 bridgehead atoms. The topological polar surface area (TPSA) is 34.9 Å². The molecule has 2 heterocycles. The van der Waals surface area contributed by atoms with E-state index in [1.807, 2.05) is 11.4 Å². The summed E-state index contributed by atoms with van der Waals surface area (Å²) in [6, 6.07) is 1.83. The number of thiophene rings is 1. The number of hydrogen-bond acceptors (Lipinski definition) is 4. The van der Waals surface area contributed by atoms with Crippen molar-refractivity contribution in [2.24, 2.45) is 7.05 Å². The monoisotopic (exact) mass is 240 g/mol. The molecule has 0 aliphatic rings. The van der Waals surface area contributed by atoms with E-state index in [-0.39, 0.29) is 5.56 Å². The molecule has 0 saturated heterocycles. The van der Waals surface area contributed by atoms with Crippen molar-refractivity contribution in [1.29, 1.82) is 0 Å². The number of nitrogens with zero attached hydrogens (tertiary/aromatic N) is 2. The Morgan fingerprint density at radius 3 is 2.93 bits per heavy atom. The summed E-state index contributed by atoms with van der Waals surface area (Å²) in [6.45, 7) is 4.19. The van der Waals surface area contributed by atoms with E-state index < -0.39 is 0 Å². The maximum absolute atomic E-state index is 11.9. The molecule has 2 rings (SSSR count). The van der Waals surface area contributed by atoms with Gasteiger partial charge in [0.25, 0.3) is 5.56 Å². The highest BCUT2D eigenvalue weighted by Gasteiger charge is 2.10. The van der Waals surface area contributed by atoms with Crippen LogP contribution in [0.4, 0.5) is 0 Å². The van der Waals surface area contributed by atoms with E-state index in [1.54, 1.807) is 23.4 Å². The van der Waals surface area contributed by atoms with Gasteiger partial charge in [0.2, 0.25) is 0 Å². The normalized spacial score (nSPS) is 11.5. The van der Waals surface area contributed by atoms with Crippen molar-refractivity contribution in [2.45, 2.75) is 24.3 Å². The van der Waals surface area contributed by atoms with Gasteiger partial charge in [-0.05, 0) is 11.4 Å². The van der Waals surface area contributed by atoms with Crippen molar-refractivity contribution < 1.29 is 0 Å². The van der Waals surface area contributed by atoms with Gasteiger partial charge >= 0.3 is 0 Å². The molecule has 0 unspecified atom stereocenters. The third kappa shape index (κ3) is 1.94. The number of fused-ring (bicyclic) bond motifs is 1. The minimum absolute atomic E-state index is 0.0457. The van der Waals surface area contributed by atoms with Crippen LogP contribution in [0.1, 0.15) is 13.8 Å². The minimum Gasteiger partial charge on any atom is -0.290 e. The van der Waals surface area contributed by atoms with E-state index in [4.69, 9.17) is 0 Å². The second kappa shape index (κ2) is 3.98. The van der Waals surface area contributed by atoms with Crippen LogP contribution in [0.2, 0.25) is 0 Å². The first-order valence-electron chi connectivity index (χ1n) is 4.70. The summed E-state index contributed by atoms with van der Waals surface area (Å²) in [7, 11) is 1.77. The first-order chi connectivity index (χ1) is 7.09. The van der Waals surface area contributed by atoms with E-state index in [0.717, 1.165) is 15.4 Å². The van der Waals surface area contributed by atoms with E-state index in [0.29, 0.717) is 5.25 Å². The summed E-state index contributed by atoms with van der Waals surface area (Å²) in [5.74, 6) is 0. The molecule has 0 aliphatic heterocycles. The molecule has 3 nitrogen and oxygen atoms in total. The van der Waals surface area contributed by atoms with E-state index in [2.05, 4.69) is 18.8 Å². The maximum Gasteiger partial charge on any atom is 0.262 e. The average molecular weight is 240 g/mol. The summed E-state index contributed by atoms with van der Waals surface area (Å²) >= 11 is 3.13. The predicted molar refractivity (Wildman–Crippen MR) is 65.9 cm³/mol. The Bertz CT molecular complexity index is 542. The van der Waals surface area contributed by atoms with Gasteiger partial charge in [0.15, 0.2) is 5.16 Å². The van der Waals surface area contributed by atoms with E-state index in [9.17, 15) is 4.79 Å². The molecule has 0 aliphatic carbocycles. The lowest BCUT2D eigenvalue weighted by atomic mass is 10.4. The molecule has 2 aromatic rings. The van der Waals surface area contributed by atoms with Crippen molar-refractivity contribution in [3.8, 4) is 0 Å². The summed E-state index contributed by atoms with van der Waals surface area (Å²) in [6.07, 6.45) is 0. The van der Waals surface area contributed by atoms with Crippen LogP contribution in [0.3, 0.4) is 0 Å². The van der Waals surface area contributed by atoms with Crippen molar-refractivity contribution in [1.82, 2.24) is 9.55 Å². The lowest BCUT2D eigenvalue weighted by Crippen LogP contribution is -2.19. The highest BCUT2D eigenvalue weighted by Crippen LogP contribution is 2.23. The molecule has 0 N–H and O–H groups in total. The van der Waals surface area contributed by atoms with Gasteiger partial charge in [0.05, 0.1) is 5.39 Å². The molecule has 5 heteroatoms. The summed E-state index contributed by atoms with van der Waals surface area (Å²) in [5, 5.41) is 3.85. The predicted octanol–water partition coefficient (Wildman–Crippen LogP) is 2.50. The minimum atomic E-state index is 0.0457. The number of rotatable bonds is 2. The van der Waals surface area contributed by atoms with Crippen LogP contribution < -0.4 is 5.56 Å². The molecular formula is C10H12N2OS2. The molecule has 0 fully saturated rings. The van der Waals surface area contributed by atoms with Crippen LogP contribution in [0.25, 0.3) is 10.2 Å². The summed E-state index contributed by atoms with van der Waals surface area (Å²) in [5.41, 5.74) is 0.0457. The molecular weight excluding hydrogens is 228 g/mol. The highest BCUT2D eigenvalue weighted by molar-refractivity contribution is 7.99. The zero-order valence-corrected chi connectivity index (χ0v) is 10.5. The highest BCUT2D eigenvalue weighted by atomic mass is 32.2. The Morgan fingerprint density at radius 2 is 2.27 bits per heavy atom. The van der Waals surface area contributed by atoms with Gasteiger partial charge in [-0.15, -0.1) is 11.3 Å². The molecule has 0 saturated carbocycles. The van der Waals surface area contributed by atoms with Gasteiger partial charge in [0, 0.05) is 12.3 Å². The van der Waals surface area contributed by atoms with Gasteiger partial charge in [-0.2, -0.15) is 0 Å². The second-order valence-electron chi connectivity index (χ2n) is 3.56. The van der Waals surface area contributed by atoms with Gasteiger partial charge in [-0.3, -0.25) is 9.36 Å². The largest absolute Gasteiger partial charge is 0.290 e. The first-order valence-corrected chi connectivity index (χ1v) is 6.46. The standard InChI is InChI=1S/C10H12N2OS2/c1-6(2)15-10-11-8-7(4-5-14-8)9(13)12(10)3/h4-6H,1-3H3. The Balaban J connectivity index is 2.65. The lowest BCUT2D eigenvalue weighted by Gasteiger charge is -2.08. The van der Waals surface area contributed by atoms with Crippen LogP contribution in [-0.2, 0) is 7.05 Å². The van der Waals surface area contributed by atoms with Crippen molar-refractivity contribution in [3.05, 3.63) is 21.8 Å². The SMILES string of the molecule is CC(C)Sc1nc2sccc2c(=O)n1C. The van der Waals surface area contributed by atoms with E-state index in [1.165, 1.54) is 11.3 Å². The third-order valence-electron chi connectivity index (χ3n) is 2.01. The quantitative estimate of drug-likeness (QED) is 0.597. The molecule has 15 heavy (non-hydrogen) atoms. The molecule has 80 valence electrons. The fourth-order valence-electron chi connectivity index (χ4n) is 1.30. The Labute approximate surface area is 96.1 Å². The lowest BCUT2D eigenvalue weighted by molar-refractivity contribution is 0.726. The van der Waals surface area contributed by atoms with Crippen LogP contribution >= 0.6 is 23.1 Å². The zero-order valence-electron chi connectivity index (χ0n) is 8.85. The van der Waals surface area contributed by atoms with Crippen LogP contribution in [0.15, 0.2) is 21.4 Å². The Morgan fingerprint density at radius 1 is 1.53 bits per heavy atom. The number of hydrogen-bond donors (Lipinski definition) is 0. The molecule has 2 aromatic heterocycles. The second-order valence-corrected chi connectivity index (χ2v) is 6.00. The molecule has 0 amide bonds. The molecule has 0 radical (unpaired) electrons. The smallest absolute Gasteiger partial charge is 0.262 e. The first kappa shape index (κ1) is 10.7. The zero-order chi connectivity index (χ0) is 11.0. The van der Waals surface area contributed by atoms with Crippen molar-refractivity contribution in [3.63, 3.8) is 0 Å². The van der Waals surface area contributed by atoms with Gasteiger partial charge in [-0.1, -0.05) is 25.6 Å². The number of aromatic nitrogens is 2. The van der Waals surface area contributed by atoms with Crippen LogP contribution in [-0.4, -0.2) is 14.8 Å². The van der Waals surface area contributed by atoms with Gasteiger partial charge in [-0.25, -0.2) is 4.98 Å².